The van der Waals surface area contributed by atoms with Crippen molar-refractivity contribution in [3.8, 4) is 0 Å². The van der Waals surface area contributed by atoms with Crippen LogP contribution < -0.4 is 10.6 Å². The van der Waals surface area contributed by atoms with Gasteiger partial charge in [0.1, 0.15) is 12.2 Å². The summed E-state index contributed by atoms with van der Waals surface area (Å²) in [7, 11) is 1.39. The van der Waals surface area contributed by atoms with Crippen molar-refractivity contribution in [1.29, 1.82) is 0 Å². The average molecular weight is 559 g/mol. The van der Waals surface area contributed by atoms with Crippen LogP contribution >= 0.6 is 34.2 Å². The van der Waals surface area contributed by atoms with Crippen LogP contribution in [0.2, 0.25) is 5.28 Å². The smallest absolute Gasteiger partial charge is 0.256 e. The van der Waals surface area contributed by atoms with Gasteiger partial charge in [-0.2, -0.15) is 9.97 Å². The Bertz CT molecular complexity index is 1170. The minimum absolute atomic E-state index is 0.0634. The SMILES string of the molecule is CNC(=O)C1OC(n2cnc3c(NC(=O)c4cccc(I)c4)nc(Cl)nc32)C(O)C1O. The molecule has 1 aliphatic rings. The highest BCUT2D eigenvalue weighted by Gasteiger charge is 2.47. The molecule has 3 aromatic rings. The monoisotopic (exact) mass is 558 g/mol. The van der Waals surface area contributed by atoms with Crippen LogP contribution in [0, 0.1) is 3.57 Å². The molecular formula is C18H16ClIN6O5. The molecule has 1 aliphatic heterocycles. The molecule has 1 fully saturated rings. The molecule has 4 atom stereocenters. The van der Waals surface area contributed by atoms with E-state index in [1.54, 1.807) is 18.2 Å². The number of rotatable bonds is 4. The molecule has 0 spiro atoms. The molecule has 3 heterocycles. The number of aromatic nitrogens is 4. The minimum Gasteiger partial charge on any atom is -0.387 e. The molecule has 11 nitrogen and oxygen atoms in total. The number of halogens is 2. The van der Waals surface area contributed by atoms with Crippen LogP contribution in [0.3, 0.4) is 0 Å². The van der Waals surface area contributed by atoms with Crippen molar-refractivity contribution in [2.75, 3.05) is 12.4 Å². The summed E-state index contributed by atoms with van der Waals surface area (Å²) >= 11 is 8.15. The highest BCUT2D eigenvalue weighted by atomic mass is 127. The van der Waals surface area contributed by atoms with E-state index in [1.165, 1.54) is 17.9 Å². The highest BCUT2D eigenvalue weighted by Crippen LogP contribution is 2.33. The molecule has 0 radical (unpaired) electrons. The number of amides is 2. The number of nitrogens with one attached hydrogen (secondary N) is 2. The average Bonchev–Trinajstić information content (AvgIpc) is 3.28. The van der Waals surface area contributed by atoms with Gasteiger partial charge in [0, 0.05) is 16.2 Å². The number of anilines is 1. The number of likely N-dealkylation sites (N-methyl/N-ethyl adjacent to an activating group) is 1. The molecular weight excluding hydrogens is 543 g/mol. The van der Waals surface area contributed by atoms with Crippen molar-refractivity contribution in [3.05, 3.63) is 45.0 Å². The number of aliphatic hydroxyl groups excluding tert-OH is 2. The number of aliphatic hydroxyl groups is 2. The van der Waals surface area contributed by atoms with Crippen molar-refractivity contribution in [3.63, 3.8) is 0 Å². The quantitative estimate of drug-likeness (QED) is 0.270. The van der Waals surface area contributed by atoms with E-state index in [0.717, 1.165) is 3.57 Å². The first-order valence-corrected chi connectivity index (χ1v) is 10.5. The summed E-state index contributed by atoms with van der Waals surface area (Å²) in [6, 6.07) is 6.96. The molecule has 2 amide bonds. The highest BCUT2D eigenvalue weighted by molar-refractivity contribution is 14.1. The summed E-state index contributed by atoms with van der Waals surface area (Å²) in [4.78, 5) is 36.9. The summed E-state index contributed by atoms with van der Waals surface area (Å²) in [6.45, 7) is 0. The van der Waals surface area contributed by atoms with Crippen molar-refractivity contribution in [2.45, 2.75) is 24.5 Å². The fourth-order valence-corrected chi connectivity index (χ4v) is 3.93. The lowest BCUT2D eigenvalue weighted by atomic mass is 10.1. The summed E-state index contributed by atoms with van der Waals surface area (Å²) in [6.07, 6.45) is -4.03. The molecule has 0 bridgehead atoms. The van der Waals surface area contributed by atoms with Gasteiger partial charge in [-0.1, -0.05) is 6.07 Å². The van der Waals surface area contributed by atoms with Crippen LogP contribution in [-0.2, 0) is 9.53 Å². The van der Waals surface area contributed by atoms with Crippen LogP contribution in [0.25, 0.3) is 11.2 Å². The number of carbonyl (C=O) groups is 2. The molecule has 1 saturated heterocycles. The lowest BCUT2D eigenvalue weighted by molar-refractivity contribution is -0.137. The zero-order valence-electron chi connectivity index (χ0n) is 15.9. The van der Waals surface area contributed by atoms with E-state index in [9.17, 15) is 19.8 Å². The van der Waals surface area contributed by atoms with Gasteiger partial charge in [-0.3, -0.25) is 14.2 Å². The zero-order chi connectivity index (χ0) is 22.3. The standard InChI is InChI=1S/C18H16ClIN6O5/c1-21-16(30)12-10(27)11(28)17(31-12)26-6-22-9-13(24-18(19)25-14(9)26)23-15(29)7-3-2-4-8(20)5-7/h2-6,10-12,17,27-28H,1H3,(H,21,30)(H,23,24,25,29). The number of fused-ring (bicyclic) bond motifs is 1. The van der Waals surface area contributed by atoms with Gasteiger partial charge in [0.25, 0.3) is 11.8 Å². The number of ether oxygens (including phenoxy) is 1. The van der Waals surface area contributed by atoms with Crippen molar-refractivity contribution in [1.82, 2.24) is 24.8 Å². The topological polar surface area (TPSA) is 151 Å². The van der Waals surface area contributed by atoms with Gasteiger partial charge in [0.05, 0.1) is 6.33 Å². The van der Waals surface area contributed by atoms with Crippen molar-refractivity contribution >= 4 is 63.0 Å². The number of nitrogens with zero attached hydrogens (tertiary/aromatic N) is 4. The molecule has 0 aliphatic carbocycles. The van der Waals surface area contributed by atoms with Gasteiger partial charge in [0.2, 0.25) is 5.28 Å². The molecule has 13 heteroatoms. The molecule has 4 unspecified atom stereocenters. The predicted octanol–water partition coefficient (Wildman–Crippen LogP) is 0.702. The molecule has 4 rings (SSSR count). The maximum absolute atomic E-state index is 12.6. The molecule has 2 aromatic heterocycles. The van der Waals surface area contributed by atoms with Crippen LogP contribution in [0.1, 0.15) is 16.6 Å². The van der Waals surface area contributed by atoms with E-state index in [2.05, 4.69) is 48.2 Å². The summed E-state index contributed by atoms with van der Waals surface area (Å²) in [5, 5.41) is 25.4. The van der Waals surface area contributed by atoms with Gasteiger partial charge in [-0.25, -0.2) is 4.98 Å². The second-order valence-electron chi connectivity index (χ2n) is 6.67. The van der Waals surface area contributed by atoms with Gasteiger partial charge < -0.3 is 25.6 Å². The first-order chi connectivity index (χ1) is 14.8. The number of benzene rings is 1. The third kappa shape index (κ3) is 4.08. The zero-order valence-corrected chi connectivity index (χ0v) is 18.8. The van der Waals surface area contributed by atoms with Gasteiger partial charge in [0.15, 0.2) is 29.3 Å². The van der Waals surface area contributed by atoms with Crippen molar-refractivity contribution < 1.29 is 24.5 Å². The van der Waals surface area contributed by atoms with E-state index in [1.807, 2.05) is 6.07 Å². The Hall–Kier alpha value is -2.39. The third-order valence-electron chi connectivity index (χ3n) is 4.73. The Morgan fingerprint density at radius 1 is 1.26 bits per heavy atom. The molecule has 1 aromatic carbocycles. The fraction of sp³-hybridized carbons (Fsp3) is 0.278. The maximum atomic E-state index is 12.6. The van der Waals surface area contributed by atoms with E-state index < -0.39 is 36.4 Å². The lowest BCUT2D eigenvalue weighted by Crippen LogP contribution is -2.41. The Labute approximate surface area is 193 Å². The van der Waals surface area contributed by atoms with E-state index in [0.29, 0.717) is 5.56 Å². The maximum Gasteiger partial charge on any atom is 0.256 e. The van der Waals surface area contributed by atoms with E-state index >= 15 is 0 Å². The molecule has 4 N–H and O–H groups in total. The van der Waals surface area contributed by atoms with Crippen LogP contribution in [0.15, 0.2) is 30.6 Å². The second-order valence-corrected chi connectivity index (χ2v) is 8.26. The second kappa shape index (κ2) is 8.63. The van der Waals surface area contributed by atoms with Gasteiger partial charge in [-0.05, 0) is 52.4 Å². The Kier molecular flexibility index (Phi) is 6.07. The Morgan fingerprint density at radius 2 is 2.03 bits per heavy atom. The molecule has 162 valence electrons. The van der Waals surface area contributed by atoms with E-state index in [4.69, 9.17) is 16.3 Å². The first kappa shape index (κ1) is 21.8. The Morgan fingerprint density at radius 3 is 2.74 bits per heavy atom. The normalized spacial score (nSPS) is 23.1. The fourth-order valence-electron chi connectivity index (χ4n) is 3.22. The minimum atomic E-state index is -1.46. The summed E-state index contributed by atoms with van der Waals surface area (Å²) in [5.41, 5.74) is 0.754. The molecule has 0 saturated carbocycles. The number of imidazole rings is 1. The van der Waals surface area contributed by atoms with Crippen LogP contribution in [-0.4, -0.2) is 66.9 Å². The number of carbonyl (C=O) groups excluding carboxylic acids is 2. The first-order valence-electron chi connectivity index (χ1n) is 9.00. The molecule has 31 heavy (non-hydrogen) atoms. The van der Waals surface area contributed by atoms with Crippen LogP contribution in [0.4, 0.5) is 5.82 Å². The predicted molar refractivity (Wildman–Crippen MR) is 117 cm³/mol. The lowest BCUT2D eigenvalue weighted by Gasteiger charge is -2.16. The van der Waals surface area contributed by atoms with Crippen molar-refractivity contribution in [2.24, 2.45) is 0 Å². The third-order valence-corrected chi connectivity index (χ3v) is 5.57. The number of hydrogen-bond acceptors (Lipinski definition) is 8. The number of hydrogen-bond donors (Lipinski definition) is 4. The van der Waals surface area contributed by atoms with Gasteiger partial charge >= 0.3 is 0 Å². The summed E-state index contributed by atoms with van der Waals surface area (Å²) in [5.74, 6) is -0.943. The largest absolute Gasteiger partial charge is 0.387 e. The van der Waals surface area contributed by atoms with Crippen LogP contribution in [0.5, 0.6) is 0 Å². The van der Waals surface area contributed by atoms with Gasteiger partial charge in [-0.15, -0.1) is 0 Å². The van der Waals surface area contributed by atoms with E-state index in [-0.39, 0.29) is 22.3 Å². The summed E-state index contributed by atoms with van der Waals surface area (Å²) < 4.78 is 7.76. The Balaban J connectivity index is 1.69.